The van der Waals surface area contributed by atoms with Gasteiger partial charge in [0.2, 0.25) is 0 Å². The van der Waals surface area contributed by atoms with E-state index in [1.807, 2.05) is 0 Å². The summed E-state index contributed by atoms with van der Waals surface area (Å²) < 4.78 is 2.48. The molecule has 372 valence electrons. The fourth-order valence-electron chi connectivity index (χ4n) is 11.3. The molecule has 1 aromatic heterocycles. The van der Waals surface area contributed by atoms with E-state index in [2.05, 4.69) is 289 Å². The Morgan fingerprint density at radius 1 is 0.311 bits per heavy atom. The molecular formula is C72H74N2. The molecule has 0 bridgehead atoms. The van der Waals surface area contributed by atoms with Crippen LogP contribution in [0.15, 0.2) is 176 Å². The standard InChI is InChI=1S/C72H74N2/c1-68(2,3)50-30-24-45(25-31-50)48-38-54(72(13,14)15)43-55(41-48)73(65-37-32-51(69(4,5)6)44-60(65)49-39-52(70(7,8)9)42-53(40-49)71(10,11)12)63-35-28-46-27-34-59-64(36-29-47-26-33-58(63)66(46)67(47)59)74-61-22-18-16-20-56(61)57-21-17-19-23-62(57)74/h16-44H,1-15H3. The molecular weight excluding hydrogens is 893 g/mol. The quantitative estimate of drug-likeness (QED) is 0.151. The highest BCUT2D eigenvalue weighted by Crippen LogP contribution is 2.50. The van der Waals surface area contributed by atoms with Crippen LogP contribution in [0.2, 0.25) is 0 Å². The van der Waals surface area contributed by atoms with E-state index in [0.29, 0.717) is 0 Å². The maximum Gasteiger partial charge on any atom is 0.0541 e. The van der Waals surface area contributed by atoms with Gasteiger partial charge in [0.15, 0.2) is 0 Å². The zero-order valence-corrected chi connectivity index (χ0v) is 46.6. The predicted octanol–water partition coefficient (Wildman–Crippen LogP) is 21.0. The summed E-state index contributed by atoms with van der Waals surface area (Å²) in [6, 6.07) is 68.0. The van der Waals surface area contributed by atoms with Crippen LogP contribution in [0.5, 0.6) is 0 Å². The number of para-hydroxylation sites is 2. The van der Waals surface area contributed by atoms with Gasteiger partial charge in [-0.3, -0.25) is 0 Å². The topological polar surface area (TPSA) is 8.17 Å². The molecule has 0 saturated carbocycles. The van der Waals surface area contributed by atoms with Gasteiger partial charge in [-0.15, -0.1) is 0 Å². The molecule has 0 N–H and O–H groups in total. The van der Waals surface area contributed by atoms with Crippen molar-refractivity contribution in [3.05, 3.63) is 204 Å². The third-order valence-corrected chi connectivity index (χ3v) is 15.9. The number of anilines is 3. The Kier molecular flexibility index (Phi) is 11.4. The Balaban J connectivity index is 1.25. The molecule has 11 aromatic rings. The number of benzene rings is 10. The van der Waals surface area contributed by atoms with Crippen molar-refractivity contribution in [3.8, 4) is 27.9 Å². The number of aromatic nitrogens is 1. The first-order valence-electron chi connectivity index (χ1n) is 26.9. The number of hydrogen-bond acceptors (Lipinski definition) is 1. The Labute approximate surface area is 441 Å². The molecule has 0 radical (unpaired) electrons. The first kappa shape index (κ1) is 49.1. The van der Waals surface area contributed by atoms with Crippen LogP contribution in [0.3, 0.4) is 0 Å². The zero-order valence-electron chi connectivity index (χ0n) is 46.6. The van der Waals surface area contributed by atoms with E-state index < -0.39 is 0 Å². The molecule has 0 fully saturated rings. The average molecular weight is 967 g/mol. The van der Waals surface area contributed by atoms with Crippen molar-refractivity contribution in [2.24, 2.45) is 0 Å². The van der Waals surface area contributed by atoms with Gasteiger partial charge >= 0.3 is 0 Å². The monoisotopic (exact) mass is 967 g/mol. The first-order chi connectivity index (χ1) is 34.8. The normalized spacial score (nSPS) is 13.1. The van der Waals surface area contributed by atoms with Crippen LogP contribution >= 0.6 is 0 Å². The summed E-state index contributed by atoms with van der Waals surface area (Å²) in [5.41, 5.74) is 18.3. The minimum Gasteiger partial charge on any atom is -0.309 e. The molecule has 0 spiro atoms. The molecule has 2 nitrogen and oxygen atoms in total. The van der Waals surface area contributed by atoms with Crippen molar-refractivity contribution >= 4 is 71.2 Å². The summed E-state index contributed by atoms with van der Waals surface area (Å²) in [6.45, 7) is 35.1. The number of hydrogen-bond donors (Lipinski definition) is 0. The Bertz CT molecular complexity index is 3870. The van der Waals surface area contributed by atoms with Gasteiger partial charge in [-0.2, -0.15) is 0 Å². The summed E-state index contributed by atoms with van der Waals surface area (Å²) in [5, 5.41) is 10.1. The van der Waals surface area contributed by atoms with Gasteiger partial charge in [0.05, 0.1) is 28.1 Å². The van der Waals surface area contributed by atoms with Gasteiger partial charge in [-0.05, 0) is 142 Å². The van der Waals surface area contributed by atoms with Crippen molar-refractivity contribution in [2.45, 2.75) is 131 Å². The van der Waals surface area contributed by atoms with Crippen LogP contribution in [0.4, 0.5) is 17.1 Å². The van der Waals surface area contributed by atoms with Gasteiger partial charge < -0.3 is 9.47 Å². The Hall–Kier alpha value is -7.16. The van der Waals surface area contributed by atoms with E-state index >= 15 is 0 Å². The molecule has 0 amide bonds. The lowest BCUT2D eigenvalue weighted by atomic mass is 9.78. The van der Waals surface area contributed by atoms with Crippen molar-refractivity contribution in [3.63, 3.8) is 0 Å². The summed E-state index contributed by atoms with van der Waals surface area (Å²) >= 11 is 0. The number of nitrogens with zero attached hydrogens (tertiary/aromatic N) is 2. The molecule has 10 aromatic carbocycles. The molecule has 0 unspecified atom stereocenters. The summed E-state index contributed by atoms with van der Waals surface area (Å²) in [5.74, 6) is 0. The molecule has 0 atom stereocenters. The SMILES string of the molecule is CC(C)(C)c1ccc(-c2cc(N(c3ccc(C(C)(C)C)cc3-c3cc(C(C)(C)C)cc(C(C)(C)C)c3)c3ccc4ccc5c(-n6c7ccccc7c7ccccc76)ccc6ccc3c4c65)cc(C(C)(C)C)c2)cc1. The molecule has 0 aliphatic heterocycles. The maximum absolute atomic E-state index is 2.62. The third-order valence-electron chi connectivity index (χ3n) is 15.9. The second-order valence-corrected chi connectivity index (χ2v) is 26.4. The Morgan fingerprint density at radius 3 is 1.34 bits per heavy atom. The second kappa shape index (κ2) is 17.2. The largest absolute Gasteiger partial charge is 0.309 e. The van der Waals surface area contributed by atoms with Crippen molar-refractivity contribution in [2.75, 3.05) is 4.90 Å². The number of fused-ring (bicyclic) bond motifs is 3. The van der Waals surface area contributed by atoms with Crippen molar-refractivity contribution in [1.29, 1.82) is 0 Å². The lowest BCUT2D eigenvalue weighted by Gasteiger charge is -2.33. The average Bonchev–Trinajstić information content (AvgIpc) is 3.70. The summed E-state index contributed by atoms with van der Waals surface area (Å²) in [4.78, 5) is 2.62. The second-order valence-electron chi connectivity index (χ2n) is 26.4. The van der Waals surface area contributed by atoms with E-state index in [-0.39, 0.29) is 27.1 Å². The van der Waals surface area contributed by atoms with Crippen LogP contribution in [0.25, 0.3) is 82.1 Å². The van der Waals surface area contributed by atoms with Crippen LogP contribution in [0.1, 0.15) is 132 Å². The highest BCUT2D eigenvalue weighted by atomic mass is 15.1. The smallest absolute Gasteiger partial charge is 0.0541 e. The minimum absolute atomic E-state index is 0.0553. The molecule has 0 aliphatic carbocycles. The maximum atomic E-state index is 2.62. The highest BCUT2D eigenvalue weighted by molar-refractivity contribution is 6.27. The molecule has 11 rings (SSSR count). The van der Waals surface area contributed by atoms with Gasteiger partial charge in [0.1, 0.15) is 0 Å². The van der Waals surface area contributed by atoms with E-state index in [4.69, 9.17) is 0 Å². The van der Waals surface area contributed by atoms with Gasteiger partial charge in [0, 0.05) is 32.8 Å². The van der Waals surface area contributed by atoms with E-state index in [1.54, 1.807) is 0 Å². The van der Waals surface area contributed by atoms with Gasteiger partial charge in [-0.1, -0.05) is 231 Å². The predicted molar refractivity (Wildman–Crippen MR) is 324 cm³/mol. The molecule has 74 heavy (non-hydrogen) atoms. The molecule has 0 aliphatic rings. The zero-order chi connectivity index (χ0) is 52.4. The van der Waals surface area contributed by atoms with E-state index in [1.165, 1.54) is 110 Å². The molecule has 0 saturated heterocycles. The van der Waals surface area contributed by atoms with Crippen molar-refractivity contribution in [1.82, 2.24) is 4.57 Å². The van der Waals surface area contributed by atoms with Gasteiger partial charge in [-0.25, -0.2) is 0 Å². The van der Waals surface area contributed by atoms with Gasteiger partial charge in [0.25, 0.3) is 0 Å². The fourth-order valence-corrected chi connectivity index (χ4v) is 11.3. The minimum atomic E-state index is -0.130. The summed E-state index contributed by atoms with van der Waals surface area (Å²) in [7, 11) is 0. The Morgan fingerprint density at radius 2 is 0.770 bits per heavy atom. The number of rotatable bonds is 6. The van der Waals surface area contributed by atoms with Crippen molar-refractivity contribution < 1.29 is 0 Å². The van der Waals surface area contributed by atoms with Crippen LogP contribution < -0.4 is 4.90 Å². The van der Waals surface area contributed by atoms with E-state index in [9.17, 15) is 0 Å². The lowest BCUT2D eigenvalue weighted by molar-refractivity contribution is 0.569. The fraction of sp³-hybridized carbons (Fsp3) is 0.278. The first-order valence-corrected chi connectivity index (χ1v) is 26.9. The van der Waals surface area contributed by atoms with Crippen LogP contribution in [0, 0.1) is 0 Å². The summed E-state index contributed by atoms with van der Waals surface area (Å²) in [6.07, 6.45) is 0. The lowest BCUT2D eigenvalue weighted by Crippen LogP contribution is -2.18. The highest BCUT2D eigenvalue weighted by Gasteiger charge is 2.29. The van der Waals surface area contributed by atoms with Crippen LogP contribution in [-0.2, 0) is 27.1 Å². The third kappa shape index (κ3) is 8.55. The van der Waals surface area contributed by atoms with Crippen LogP contribution in [-0.4, -0.2) is 4.57 Å². The van der Waals surface area contributed by atoms with E-state index in [0.717, 1.165) is 17.1 Å². The molecule has 2 heteroatoms. The molecule has 1 heterocycles.